The second-order valence-corrected chi connectivity index (χ2v) is 8.53. The predicted molar refractivity (Wildman–Crippen MR) is 128 cm³/mol. The summed E-state index contributed by atoms with van der Waals surface area (Å²) in [6.45, 7) is 6.29. The van der Waals surface area contributed by atoms with Gasteiger partial charge < -0.3 is 19.3 Å². The molecular formula is C27H27N3O3. The van der Waals surface area contributed by atoms with Gasteiger partial charge in [0.05, 0.1) is 5.56 Å². The van der Waals surface area contributed by atoms with Gasteiger partial charge in [-0.1, -0.05) is 54.1 Å². The fourth-order valence-corrected chi connectivity index (χ4v) is 4.30. The van der Waals surface area contributed by atoms with Crippen molar-refractivity contribution in [2.75, 3.05) is 19.6 Å². The standard InChI is InChI=1S/C27H27N3O3/c1-19-12-13-24-22(16-19)26(28-23-10-6-7-11-25(23)33-24)29-14-15-30(20(2)17-29)27(31)32-18-21-8-4-3-5-9-21/h3-13,16,20H,14-15,17-18H2,1-2H3. The van der Waals surface area contributed by atoms with E-state index in [9.17, 15) is 4.79 Å². The molecule has 1 atom stereocenters. The first-order valence-electron chi connectivity index (χ1n) is 11.3. The minimum Gasteiger partial charge on any atom is -0.454 e. The van der Waals surface area contributed by atoms with Gasteiger partial charge in [-0.2, -0.15) is 0 Å². The third-order valence-electron chi connectivity index (χ3n) is 6.05. The molecule has 3 aromatic carbocycles. The summed E-state index contributed by atoms with van der Waals surface area (Å²) in [6.07, 6.45) is -0.279. The van der Waals surface area contributed by atoms with E-state index >= 15 is 0 Å². The highest BCUT2D eigenvalue weighted by Gasteiger charge is 2.32. The van der Waals surface area contributed by atoms with Crippen LogP contribution in [0.15, 0.2) is 77.8 Å². The summed E-state index contributed by atoms with van der Waals surface area (Å²) in [5.41, 5.74) is 3.90. The van der Waals surface area contributed by atoms with Gasteiger partial charge in [0, 0.05) is 25.7 Å². The van der Waals surface area contributed by atoms with E-state index in [1.807, 2.05) is 66.7 Å². The highest BCUT2D eigenvalue weighted by Crippen LogP contribution is 2.38. The number of amidine groups is 1. The van der Waals surface area contributed by atoms with Crippen molar-refractivity contribution in [1.29, 1.82) is 0 Å². The summed E-state index contributed by atoms with van der Waals surface area (Å²) in [5, 5.41) is 0. The lowest BCUT2D eigenvalue weighted by atomic mass is 10.1. The zero-order chi connectivity index (χ0) is 22.8. The number of hydrogen-bond donors (Lipinski definition) is 0. The molecule has 0 aromatic heterocycles. The second-order valence-electron chi connectivity index (χ2n) is 8.53. The lowest BCUT2D eigenvalue weighted by Gasteiger charge is -2.40. The number of carbonyl (C=O) groups is 1. The largest absolute Gasteiger partial charge is 0.454 e. The molecule has 0 aliphatic carbocycles. The van der Waals surface area contributed by atoms with Crippen LogP contribution in [0.4, 0.5) is 10.5 Å². The number of ether oxygens (including phenoxy) is 2. The first-order chi connectivity index (χ1) is 16.1. The SMILES string of the molecule is Cc1ccc2c(c1)C(N1CCN(C(=O)OCc3ccccc3)C(C)C1)=Nc1ccccc1O2. The molecule has 1 unspecified atom stereocenters. The molecule has 2 aliphatic heterocycles. The number of nitrogens with zero attached hydrogens (tertiary/aromatic N) is 3. The number of benzene rings is 3. The summed E-state index contributed by atoms with van der Waals surface area (Å²) < 4.78 is 11.8. The number of piperazine rings is 1. The van der Waals surface area contributed by atoms with Crippen LogP contribution in [0, 0.1) is 6.92 Å². The zero-order valence-electron chi connectivity index (χ0n) is 18.9. The Bertz CT molecular complexity index is 1190. The van der Waals surface area contributed by atoms with E-state index in [1.54, 1.807) is 4.90 Å². The topological polar surface area (TPSA) is 54.4 Å². The molecule has 3 aromatic rings. The van der Waals surface area contributed by atoms with Crippen LogP contribution in [0.5, 0.6) is 11.5 Å². The van der Waals surface area contributed by atoms with E-state index < -0.39 is 0 Å². The lowest BCUT2D eigenvalue weighted by molar-refractivity contribution is 0.0624. The summed E-state index contributed by atoms with van der Waals surface area (Å²) in [5.74, 6) is 2.42. The van der Waals surface area contributed by atoms with Gasteiger partial charge in [-0.3, -0.25) is 0 Å². The number of aryl methyl sites for hydroxylation is 1. The van der Waals surface area contributed by atoms with Crippen molar-refractivity contribution in [2.45, 2.75) is 26.5 Å². The fraction of sp³-hybridized carbons (Fsp3) is 0.259. The van der Waals surface area contributed by atoms with E-state index in [1.165, 1.54) is 0 Å². The van der Waals surface area contributed by atoms with Crippen LogP contribution < -0.4 is 4.74 Å². The molecule has 0 radical (unpaired) electrons. The van der Waals surface area contributed by atoms with Crippen LogP contribution in [0.1, 0.15) is 23.6 Å². The van der Waals surface area contributed by atoms with Crippen molar-refractivity contribution < 1.29 is 14.3 Å². The fourth-order valence-electron chi connectivity index (χ4n) is 4.30. The van der Waals surface area contributed by atoms with Gasteiger partial charge in [-0.25, -0.2) is 9.79 Å². The molecule has 6 nitrogen and oxygen atoms in total. The average molecular weight is 442 g/mol. The minimum atomic E-state index is -0.279. The van der Waals surface area contributed by atoms with Crippen LogP contribution in [0.3, 0.4) is 0 Å². The van der Waals surface area contributed by atoms with Crippen molar-refractivity contribution in [2.24, 2.45) is 4.99 Å². The van der Waals surface area contributed by atoms with E-state index in [-0.39, 0.29) is 18.7 Å². The molecule has 1 fully saturated rings. The monoisotopic (exact) mass is 441 g/mol. The summed E-state index contributed by atoms with van der Waals surface area (Å²) in [7, 11) is 0. The second kappa shape index (κ2) is 8.98. The number of para-hydroxylation sites is 2. The molecule has 33 heavy (non-hydrogen) atoms. The molecule has 6 heteroatoms. The van der Waals surface area contributed by atoms with Crippen molar-refractivity contribution in [3.8, 4) is 11.5 Å². The Hall–Kier alpha value is -3.80. The molecule has 1 saturated heterocycles. The van der Waals surface area contributed by atoms with Gasteiger partial charge in [-0.05, 0) is 43.7 Å². The summed E-state index contributed by atoms with van der Waals surface area (Å²) in [6, 6.07) is 23.7. The van der Waals surface area contributed by atoms with Crippen LogP contribution >= 0.6 is 0 Å². The van der Waals surface area contributed by atoms with E-state index in [2.05, 4.69) is 24.8 Å². The maximum atomic E-state index is 12.8. The molecule has 2 aliphatic rings. The highest BCUT2D eigenvalue weighted by atomic mass is 16.6. The summed E-state index contributed by atoms with van der Waals surface area (Å²) in [4.78, 5) is 21.8. The van der Waals surface area contributed by atoms with Gasteiger partial charge >= 0.3 is 6.09 Å². The van der Waals surface area contributed by atoms with Crippen molar-refractivity contribution >= 4 is 17.6 Å². The molecule has 0 saturated carbocycles. The zero-order valence-corrected chi connectivity index (χ0v) is 18.9. The predicted octanol–water partition coefficient (Wildman–Crippen LogP) is 5.52. The molecule has 168 valence electrons. The Labute approximate surface area is 194 Å². The Balaban J connectivity index is 1.35. The quantitative estimate of drug-likeness (QED) is 0.525. The number of hydrogen-bond acceptors (Lipinski definition) is 5. The highest BCUT2D eigenvalue weighted by molar-refractivity contribution is 6.04. The lowest BCUT2D eigenvalue weighted by Crippen LogP contribution is -2.55. The molecule has 0 bridgehead atoms. The van der Waals surface area contributed by atoms with E-state index in [0.717, 1.165) is 39.7 Å². The smallest absolute Gasteiger partial charge is 0.410 e. The Morgan fingerprint density at radius 3 is 2.64 bits per heavy atom. The first-order valence-corrected chi connectivity index (χ1v) is 11.3. The van der Waals surface area contributed by atoms with Crippen LogP contribution in [-0.4, -0.2) is 47.4 Å². The number of fused-ring (bicyclic) bond motifs is 2. The Kier molecular flexibility index (Phi) is 5.73. The third kappa shape index (κ3) is 4.42. The first kappa shape index (κ1) is 21.1. The maximum Gasteiger partial charge on any atom is 0.410 e. The average Bonchev–Trinajstić information content (AvgIpc) is 2.99. The van der Waals surface area contributed by atoms with E-state index in [0.29, 0.717) is 19.6 Å². The molecule has 0 spiro atoms. The number of amides is 1. The molecule has 1 amide bonds. The third-order valence-corrected chi connectivity index (χ3v) is 6.05. The van der Waals surface area contributed by atoms with E-state index in [4.69, 9.17) is 14.5 Å². The normalized spacial score (nSPS) is 17.3. The van der Waals surface area contributed by atoms with Crippen LogP contribution in [0.25, 0.3) is 0 Å². The van der Waals surface area contributed by atoms with Gasteiger partial charge in [0.15, 0.2) is 5.75 Å². The maximum absolute atomic E-state index is 12.8. The van der Waals surface area contributed by atoms with Gasteiger partial charge in [0.25, 0.3) is 0 Å². The number of aliphatic imine (C=N–C) groups is 1. The van der Waals surface area contributed by atoms with Gasteiger partial charge in [0.2, 0.25) is 0 Å². The minimum absolute atomic E-state index is 0.0163. The number of rotatable bonds is 2. The van der Waals surface area contributed by atoms with Crippen LogP contribution in [0.2, 0.25) is 0 Å². The van der Waals surface area contributed by atoms with Gasteiger partial charge in [-0.15, -0.1) is 0 Å². The van der Waals surface area contributed by atoms with Crippen molar-refractivity contribution in [3.05, 3.63) is 89.5 Å². The number of carbonyl (C=O) groups excluding carboxylic acids is 1. The Morgan fingerprint density at radius 2 is 1.82 bits per heavy atom. The molecular weight excluding hydrogens is 414 g/mol. The molecule has 2 heterocycles. The summed E-state index contributed by atoms with van der Waals surface area (Å²) >= 11 is 0. The van der Waals surface area contributed by atoms with Crippen LogP contribution in [-0.2, 0) is 11.3 Å². The van der Waals surface area contributed by atoms with Crippen molar-refractivity contribution in [3.63, 3.8) is 0 Å². The van der Waals surface area contributed by atoms with Crippen molar-refractivity contribution in [1.82, 2.24) is 9.80 Å². The molecule has 5 rings (SSSR count). The molecule has 0 N–H and O–H groups in total. The van der Waals surface area contributed by atoms with Gasteiger partial charge in [0.1, 0.15) is 23.9 Å². The Morgan fingerprint density at radius 1 is 1.03 bits per heavy atom.